The van der Waals surface area contributed by atoms with Gasteiger partial charge in [0.05, 0.1) is 14.2 Å². The number of likely N-dealkylation sites (tertiary alicyclic amines) is 1. The number of amides is 1. The molecule has 2 aromatic rings. The van der Waals surface area contributed by atoms with Gasteiger partial charge in [0, 0.05) is 19.0 Å². The quantitative estimate of drug-likeness (QED) is 0.515. The van der Waals surface area contributed by atoms with Crippen LogP contribution >= 0.6 is 0 Å². The summed E-state index contributed by atoms with van der Waals surface area (Å²) in [5.74, 6) is 2.47. The number of rotatable bonds is 7. The largest absolute Gasteiger partial charge is 0.496 e. The molecule has 0 bridgehead atoms. The molecular formula is C26H35N3O4. The Kier molecular flexibility index (Phi) is 9.91. The standard InChI is InChI=1S/C17H21N3O4.C9H14/c1-11-18-16(24-19-11)12-7-9-20(10-8-12)17(21)15-13(22-2)5-4-6-14(15)23-3;1-5-9(4)7-6-8(2)3/h4-6,12H,7-10H2,1-3H3;6-7H,2,4-5H2,1,3H3/b;7-6-. The minimum Gasteiger partial charge on any atom is -0.496 e. The molecule has 7 nitrogen and oxygen atoms in total. The fraction of sp³-hybridized carbons (Fsp3) is 0.423. The number of hydrogen-bond acceptors (Lipinski definition) is 6. The van der Waals surface area contributed by atoms with Gasteiger partial charge in [0.15, 0.2) is 5.82 Å². The van der Waals surface area contributed by atoms with Crippen molar-refractivity contribution in [2.75, 3.05) is 27.3 Å². The first kappa shape index (κ1) is 25.9. The normalized spacial score (nSPS) is 13.9. The van der Waals surface area contributed by atoms with Gasteiger partial charge in [-0.25, -0.2) is 0 Å². The summed E-state index contributed by atoms with van der Waals surface area (Å²) in [7, 11) is 3.10. The maximum absolute atomic E-state index is 12.9. The molecule has 1 aliphatic rings. The maximum Gasteiger partial charge on any atom is 0.261 e. The van der Waals surface area contributed by atoms with Gasteiger partial charge in [-0.05, 0) is 45.2 Å². The third-order valence-electron chi connectivity index (χ3n) is 5.37. The molecule has 0 saturated carbocycles. The number of carbonyl (C=O) groups is 1. The van der Waals surface area contributed by atoms with Crippen LogP contribution in [0.2, 0.25) is 0 Å². The molecule has 1 aromatic heterocycles. The molecule has 2 heterocycles. The molecule has 1 fully saturated rings. The Morgan fingerprint density at radius 2 is 1.79 bits per heavy atom. The first-order valence-electron chi connectivity index (χ1n) is 11.1. The molecule has 33 heavy (non-hydrogen) atoms. The van der Waals surface area contributed by atoms with E-state index in [1.54, 1.807) is 39.3 Å². The summed E-state index contributed by atoms with van der Waals surface area (Å²) in [6, 6.07) is 5.34. The van der Waals surface area contributed by atoms with Crippen molar-refractivity contribution >= 4 is 5.91 Å². The Hall–Kier alpha value is -3.35. The minimum absolute atomic E-state index is 0.0792. The van der Waals surface area contributed by atoms with Crippen LogP contribution in [0.5, 0.6) is 11.5 Å². The number of nitrogens with zero attached hydrogens (tertiary/aromatic N) is 3. The summed E-state index contributed by atoms with van der Waals surface area (Å²) in [4.78, 5) is 19.0. The van der Waals surface area contributed by atoms with E-state index in [0.29, 0.717) is 41.9 Å². The Morgan fingerprint density at radius 1 is 1.18 bits per heavy atom. The van der Waals surface area contributed by atoms with Gasteiger partial charge in [-0.15, -0.1) is 0 Å². The third-order valence-corrected chi connectivity index (χ3v) is 5.37. The number of aromatic nitrogens is 2. The van der Waals surface area contributed by atoms with Crippen LogP contribution in [0.15, 0.2) is 59.2 Å². The second-order valence-electron chi connectivity index (χ2n) is 7.98. The molecule has 0 atom stereocenters. The minimum atomic E-state index is -0.0792. The summed E-state index contributed by atoms with van der Waals surface area (Å²) in [5.41, 5.74) is 2.69. The molecule has 1 aliphatic heterocycles. The topological polar surface area (TPSA) is 77.7 Å². The first-order valence-corrected chi connectivity index (χ1v) is 11.1. The van der Waals surface area contributed by atoms with E-state index < -0.39 is 0 Å². The highest BCUT2D eigenvalue weighted by atomic mass is 16.5. The van der Waals surface area contributed by atoms with Crippen LogP contribution in [0.25, 0.3) is 0 Å². The Morgan fingerprint density at radius 3 is 2.24 bits per heavy atom. The van der Waals surface area contributed by atoms with Crippen molar-refractivity contribution < 1.29 is 18.8 Å². The number of aryl methyl sites for hydroxylation is 1. The highest BCUT2D eigenvalue weighted by Crippen LogP contribution is 2.32. The molecule has 7 heteroatoms. The van der Waals surface area contributed by atoms with Crippen molar-refractivity contribution in [1.29, 1.82) is 0 Å². The van der Waals surface area contributed by atoms with Crippen molar-refractivity contribution in [3.05, 3.63) is 71.9 Å². The van der Waals surface area contributed by atoms with Crippen LogP contribution in [-0.2, 0) is 0 Å². The molecule has 0 aliphatic carbocycles. The summed E-state index contributed by atoms with van der Waals surface area (Å²) in [6.45, 7) is 14.7. The number of hydrogen-bond donors (Lipinski definition) is 0. The number of carbonyl (C=O) groups excluding carboxylic acids is 1. The Labute approximate surface area is 196 Å². The van der Waals surface area contributed by atoms with E-state index in [4.69, 9.17) is 14.0 Å². The van der Waals surface area contributed by atoms with E-state index in [1.165, 1.54) is 0 Å². The van der Waals surface area contributed by atoms with E-state index in [-0.39, 0.29) is 11.8 Å². The molecule has 178 valence electrons. The number of methoxy groups -OCH3 is 2. The zero-order valence-corrected chi connectivity index (χ0v) is 20.4. The second-order valence-corrected chi connectivity index (χ2v) is 7.98. The SMILES string of the molecule is C=C(C)/C=C\C(=C)CC.COc1cccc(OC)c1C(=O)N1CCC(c2nc(C)no2)CC1. The van der Waals surface area contributed by atoms with Crippen molar-refractivity contribution in [3.8, 4) is 11.5 Å². The van der Waals surface area contributed by atoms with Crippen LogP contribution in [0, 0.1) is 6.92 Å². The summed E-state index contributed by atoms with van der Waals surface area (Å²) < 4.78 is 15.9. The highest BCUT2D eigenvalue weighted by Gasteiger charge is 2.30. The van der Waals surface area contributed by atoms with Gasteiger partial charge in [-0.3, -0.25) is 4.79 Å². The maximum atomic E-state index is 12.9. The fourth-order valence-corrected chi connectivity index (χ4v) is 3.41. The second kappa shape index (κ2) is 12.6. The summed E-state index contributed by atoms with van der Waals surface area (Å²) in [5, 5.41) is 3.84. The molecule has 3 rings (SSSR count). The zero-order chi connectivity index (χ0) is 24.4. The lowest BCUT2D eigenvalue weighted by molar-refractivity contribution is 0.0697. The van der Waals surface area contributed by atoms with E-state index in [9.17, 15) is 4.79 Å². The van der Waals surface area contributed by atoms with Gasteiger partial charge in [0.2, 0.25) is 5.89 Å². The molecule has 0 radical (unpaired) electrons. The Bertz CT molecular complexity index is 963. The van der Waals surface area contributed by atoms with E-state index in [1.807, 2.05) is 24.0 Å². The fourth-order valence-electron chi connectivity index (χ4n) is 3.41. The van der Waals surface area contributed by atoms with Crippen molar-refractivity contribution in [2.24, 2.45) is 0 Å². The van der Waals surface area contributed by atoms with Gasteiger partial charge in [-0.1, -0.05) is 54.6 Å². The van der Waals surface area contributed by atoms with Crippen LogP contribution in [0.1, 0.15) is 61.1 Å². The number of ether oxygens (including phenoxy) is 2. The Balaban J connectivity index is 0.000000365. The van der Waals surface area contributed by atoms with E-state index in [2.05, 4.69) is 30.2 Å². The van der Waals surface area contributed by atoms with Crippen LogP contribution < -0.4 is 9.47 Å². The van der Waals surface area contributed by atoms with Gasteiger partial charge in [0.1, 0.15) is 17.1 Å². The number of benzene rings is 1. The number of allylic oxidation sites excluding steroid dienone is 4. The van der Waals surface area contributed by atoms with Crippen molar-refractivity contribution in [2.45, 2.75) is 46.0 Å². The molecule has 0 N–H and O–H groups in total. The molecule has 0 spiro atoms. The lowest BCUT2D eigenvalue weighted by atomic mass is 9.96. The van der Waals surface area contributed by atoms with Gasteiger partial charge in [0.25, 0.3) is 5.91 Å². The molecule has 1 aromatic carbocycles. The molecule has 1 amide bonds. The third kappa shape index (κ3) is 7.34. The van der Waals surface area contributed by atoms with Crippen LogP contribution in [0.3, 0.4) is 0 Å². The van der Waals surface area contributed by atoms with Gasteiger partial charge in [-0.2, -0.15) is 4.98 Å². The van der Waals surface area contributed by atoms with E-state index in [0.717, 1.165) is 30.4 Å². The average Bonchev–Trinajstić information content (AvgIpc) is 3.28. The summed E-state index contributed by atoms with van der Waals surface area (Å²) in [6.07, 6.45) is 6.59. The molecule has 0 unspecified atom stereocenters. The zero-order valence-electron chi connectivity index (χ0n) is 20.4. The van der Waals surface area contributed by atoms with E-state index >= 15 is 0 Å². The van der Waals surface area contributed by atoms with Crippen LogP contribution in [-0.4, -0.2) is 48.3 Å². The van der Waals surface area contributed by atoms with Crippen LogP contribution in [0.4, 0.5) is 0 Å². The monoisotopic (exact) mass is 453 g/mol. The summed E-state index contributed by atoms with van der Waals surface area (Å²) >= 11 is 0. The highest BCUT2D eigenvalue weighted by molar-refractivity contribution is 5.99. The molecule has 1 saturated heterocycles. The predicted octanol–water partition coefficient (Wildman–Crippen LogP) is 5.50. The number of piperidine rings is 1. The lowest BCUT2D eigenvalue weighted by Gasteiger charge is -2.31. The lowest BCUT2D eigenvalue weighted by Crippen LogP contribution is -2.38. The smallest absolute Gasteiger partial charge is 0.261 e. The van der Waals surface area contributed by atoms with Gasteiger partial charge >= 0.3 is 0 Å². The predicted molar refractivity (Wildman–Crippen MR) is 130 cm³/mol. The molecular weight excluding hydrogens is 418 g/mol. The van der Waals surface area contributed by atoms with Crippen molar-refractivity contribution in [3.63, 3.8) is 0 Å². The average molecular weight is 454 g/mol. The van der Waals surface area contributed by atoms with Gasteiger partial charge < -0.3 is 18.9 Å². The first-order chi connectivity index (χ1) is 15.8. The van der Waals surface area contributed by atoms with Crippen molar-refractivity contribution in [1.82, 2.24) is 15.0 Å².